The third-order valence-corrected chi connectivity index (χ3v) is 4.89. The Bertz CT molecular complexity index is 988. The van der Waals surface area contributed by atoms with Crippen LogP contribution in [-0.2, 0) is 14.8 Å². The van der Waals surface area contributed by atoms with Crippen LogP contribution < -0.4 is 19.2 Å². The maximum Gasteiger partial charge on any atom is 0.260 e. The number of nitrogens with one attached hydrogen (secondary N) is 1. The molecule has 0 unspecified atom stereocenters. The van der Waals surface area contributed by atoms with E-state index in [1.165, 1.54) is 6.21 Å². The molecule has 160 valence electrons. The molecule has 2 rings (SSSR count). The molecule has 0 saturated carbocycles. The van der Waals surface area contributed by atoms with E-state index < -0.39 is 22.5 Å². The van der Waals surface area contributed by atoms with Gasteiger partial charge in [0, 0.05) is 0 Å². The molecule has 0 aliphatic carbocycles. The van der Waals surface area contributed by atoms with Crippen LogP contribution >= 0.6 is 0 Å². The van der Waals surface area contributed by atoms with Crippen molar-refractivity contribution >= 4 is 27.8 Å². The lowest BCUT2D eigenvalue weighted by atomic mass is 10.2. The highest BCUT2D eigenvalue weighted by molar-refractivity contribution is 7.92. The molecule has 9 heteroatoms. The highest BCUT2D eigenvalue weighted by atomic mass is 32.2. The van der Waals surface area contributed by atoms with Crippen molar-refractivity contribution in [2.45, 2.75) is 6.92 Å². The number of ether oxygens (including phenoxy) is 2. The quantitative estimate of drug-likeness (QED) is 0.335. The Labute approximate surface area is 176 Å². The fraction of sp³-hybridized carbons (Fsp3) is 0.238. The van der Waals surface area contributed by atoms with E-state index in [0.29, 0.717) is 36.0 Å². The minimum atomic E-state index is -3.67. The number of anilines is 1. The molecule has 0 radical (unpaired) electrons. The van der Waals surface area contributed by atoms with E-state index in [4.69, 9.17) is 9.47 Å². The van der Waals surface area contributed by atoms with Gasteiger partial charge in [-0.2, -0.15) is 5.10 Å². The van der Waals surface area contributed by atoms with Crippen LogP contribution in [0.3, 0.4) is 0 Å². The number of rotatable bonds is 11. The molecule has 0 heterocycles. The first-order valence-electron chi connectivity index (χ1n) is 9.19. The van der Waals surface area contributed by atoms with E-state index in [1.54, 1.807) is 54.6 Å². The highest BCUT2D eigenvalue weighted by Crippen LogP contribution is 2.21. The normalized spacial score (nSPS) is 11.1. The van der Waals surface area contributed by atoms with Gasteiger partial charge in [-0.15, -0.1) is 0 Å². The van der Waals surface area contributed by atoms with Crippen molar-refractivity contribution < 1.29 is 22.7 Å². The van der Waals surface area contributed by atoms with Gasteiger partial charge in [0.25, 0.3) is 5.91 Å². The topological polar surface area (TPSA) is 97.3 Å². The zero-order valence-corrected chi connectivity index (χ0v) is 17.8. The maximum atomic E-state index is 12.2. The van der Waals surface area contributed by atoms with Gasteiger partial charge in [0.15, 0.2) is 0 Å². The molecule has 1 N–H and O–H groups in total. The summed E-state index contributed by atoms with van der Waals surface area (Å²) in [4.78, 5) is 12.2. The number of nitrogens with zero attached hydrogens (tertiary/aromatic N) is 2. The Hall–Kier alpha value is -3.33. The number of benzene rings is 2. The van der Waals surface area contributed by atoms with Crippen molar-refractivity contribution in [2.24, 2.45) is 5.10 Å². The second-order valence-electron chi connectivity index (χ2n) is 6.16. The zero-order valence-electron chi connectivity index (χ0n) is 16.9. The predicted octanol–water partition coefficient (Wildman–Crippen LogP) is 2.57. The van der Waals surface area contributed by atoms with Gasteiger partial charge in [-0.25, -0.2) is 13.8 Å². The summed E-state index contributed by atoms with van der Waals surface area (Å²) in [6.07, 6.45) is 4.12. The van der Waals surface area contributed by atoms with Crippen LogP contribution in [0.5, 0.6) is 11.5 Å². The fourth-order valence-corrected chi connectivity index (χ4v) is 3.32. The summed E-state index contributed by atoms with van der Waals surface area (Å²) in [6, 6.07) is 13.6. The lowest BCUT2D eigenvalue weighted by Crippen LogP contribution is -2.39. The Morgan fingerprint density at radius 2 is 1.90 bits per heavy atom. The monoisotopic (exact) mass is 431 g/mol. The number of carbonyl (C=O) groups is 1. The summed E-state index contributed by atoms with van der Waals surface area (Å²) >= 11 is 0. The highest BCUT2D eigenvalue weighted by Gasteiger charge is 2.20. The Morgan fingerprint density at radius 1 is 1.17 bits per heavy atom. The van der Waals surface area contributed by atoms with E-state index in [1.807, 2.05) is 6.92 Å². The summed E-state index contributed by atoms with van der Waals surface area (Å²) in [5, 5.41) is 3.89. The first kappa shape index (κ1) is 23.0. The largest absolute Gasteiger partial charge is 0.494 e. The molecule has 0 saturated heterocycles. The van der Waals surface area contributed by atoms with Gasteiger partial charge in [-0.3, -0.25) is 9.10 Å². The molecule has 0 atom stereocenters. The Balaban J connectivity index is 2.02. The van der Waals surface area contributed by atoms with Crippen LogP contribution in [0.1, 0.15) is 12.5 Å². The van der Waals surface area contributed by atoms with E-state index >= 15 is 0 Å². The number of hydrogen-bond acceptors (Lipinski definition) is 6. The lowest BCUT2D eigenvalue weighted by Gasteiger charge is -2.21. The van der Waals surface area contributed by atoms with Crippen molar-refractivity contribution in [1.29, 1.82) is 0 Å². The standard InChI is InChI=1S/C21H25N3O5S/c1-4-13-29-20-8-6-7-17(14-20)15-22-23-21(25)16-24(30(3,26)27)18-9-11-19(12-10-18)28-5-2/h4,6-12,14-15H,1,5,13,16H2,2-3H3,(H,23,25)/b22-15-. The SMILES string of the molecule is C=CCOc1cccc(/C=N\NC(=O)CN(c2ccc(OCC)cc2)S(C)(=O)=O)c1. The first-order chi connectivity index (χ1) is 14.3. The average molecular weight is 432 g/mol. The van der Waals surface area contributed by atoms with Crippen LogP contribution in [0.4, 0.5) is 5.69 Å². The molecular weight excluding hydrogens is 406 g/mol. The smallest absolute Gasteiger partial charge is 0.260 e. The van der Waals surface area contributed by atoms with Gasteiger partial charge in [0.05, 0.1) is 24.8 Å². The van der Waals surface area contributed by atoms with Crippen LogP contribution in [0.25, 0.3) is 0 Å². The molecule has 0 aliphatic rings. The van der Waals surface area contributed by atoms with Crippen LogP contribution in [0, 0.1) is 0 Å². The molecule has 2 aromatic rings. The van der Waals surface area contributed by atoms with E-state index in [2.05, 4.69) is 17.1 Å². The van der Waals surface area contributed by atoms with Crippen molar-refractivity contribution in [1.82, 2.24) is 5.43 Å². The van der Waals surface area contributed by atoms with Gasteiger partial charge < -0.3 is 9.47 Å². The summed E-state index contributed by atoms with van der Waals surface area (Å²) in [5.74, 6) is 0.677. The minimum absolute atomic E-state index is 0.354. The molecule has 1 amide bonds. The molecule has 8 nitrogen and oxygen atoms in total. The average Bonchev–Trinajstić information content (AvgIpc) is 2.71. The van der Waals surface area contributed by atoms with Crippen LogP contribution in [0.2, 0.25) is 0 Å². The van der Waals surface area contributed by atoms with E-state index in [-0.39, 0.29) is 0 Å². The molecule has 0 spiro atoms. The summed E-state index contributed by atoms with van der Waals surface area (Å²) in [5.41, 5.74) is 3.41. The predicted molar refractivity (Wildman–Crippen MR) is 118 cm³/mol. The number of hydrazone groups is 1. The second kappa shape index (κ2) is 11.0. The summed E-state index contributed by atoms with van der Waals surface area (Å²) in [6.45, 7) is 5.91. The molecule has 0 aromatic heterocycles. The van der Waals surface area contributed by atoms with Crippen LogP contribution in [-0.4, -0.2) is 46.6 Å². The van der Waals surface area contributed by atoms with Gasteiger partial charge in [-0.05, 0) is 48.9 Å². The molecule has 0 fully saturated rings. The zero-order chi connectivity index (χ0) is 22.0. The van der Waals surface area contributed by atoms with Crippen molar-refractivity contribution in [3.63, 3.8) is 0 Å². The first-order valence-corrected chi connectivity index (χ1v) is 11.0. The van der Waals surface area contributed by atoms with Crippen molar-refractivity contribution in [3.8, 4) is 11.5 Å². The molecule has 2 aromatic carbocycles. The van der Waals surface area contributed by atoms with Crippen molar-refractivity contribution in [3.05, 3.63) is 66.7 Å². The minimum Gasteiger partial charge on any atom is -0.494 e. The van der Waals surface area contributed by atoms with E-state index in [9.17, 15) is 13.2 Å². The maximum absolute atomic E-state index is 12.2. The molecule has 0 bridgehead atoms. The summed E-state index contributed by atoms with van der Waals surface area (Å²) in [7, 11) is -3.67. The van der Waals surface area contributed by atoms with Crippen LogP contribution in [0.15, 0.2) is 66.3 Å². The number of amides is 1. The fourth-order valence-electron chi connectivity index (χ4n) is 2.46. The lowest BCUT2D eigenvalue weighted by molar-refractivity contribution is -0.119. The van der Waals surface area contributed by atoms with E-state index in [0.717, 1.165) is 10.6 Å². The second-order valence-corrected chi connectivity index (χ2v) is 8.07. The molecule has 0 aliphatic heterocycles. The third kappa shape index (κ3) is 7.25. The number of sulfonamides is 1. The Kier molecular flexibility index (Phi) is 8.42. The summed E-state index contributed by atoms with van der Waals surface area (Å²) < 4.78 is 36.1. The molecule has 30 heavy (non-hydrogen) atoms. The van der Waals surface area contributed by atoms with Gasteiger partial charge >= 0.3 is 0 Å². The third-order valence-electron chi connectivity index (χ3n) is 3.75. The van der Waals surface area contributed by atoms with Gasteiger partial charge in [-0.1, -0.05) is 24.8 Å². The van der Waals surface area contributed by atoms with Crippen molar-refractivity contribution in [2.75, 3.05) is 30.3 Å². The van der Waals surface area contributed by atoms with Gasteiger partial charge in [0.1, 0.15) is 24.7 Å². The number of hydrogen-bond donors (Lipinski definition) is 1. The molecular formula is C21H25N3O5S. The van der Waals surface area contributed by atoms with Gasteiger partial charge in [0.2, 0.25) is 10.0 Å². The number of carbonyl (C=O) groups excluding carboxylic acids is 1. The Morgan fingerprint density at radius 3 is 2.53 bits per heavy atom.